The number of hydrogen-bond donors (Lipinski definition) is 1. The Morgan fingerprint density at radius 3 is 3.09 bits per heavy atom. The zero-order valence-electron chi connectivity index (χ0n) is 6.51. The highest BCUT2D eigenvalue weighted by Gasteiger charge is 2.23. The van der Waals surface area contributed by atoms with Crippen LogP contribution >= 0.6 is 11.6 Å². The lowest BCUT2D eigenvalue weighted by Crippen LogP contribution is -2.41. The predicted molar refractivity (Wildman–Crippen MR) is 46.5 cm³/mol. The van der Waals surface area contributed by atoms with Crippen LogP contribution in [0.5, 0.6) is 0 Å². The van der Waals surface area contributed by atoms with E-state index in [1.54, 1.807) is 7.11 Å². The summed E-state index contributed by atoms with van der Waals surface area (Å²) >= 11 is 5.65. The summed E-state index contributed by atoms with van der Waals surface area (Å²) in [6.07, 6.45) is 6.37. The van der Waals surface area contributed by atoms with Crippen molar-refractivity contribution in [3.05, 3.63) is 23.8 Å². The molecule has 62 valence electrons. The van der Waals surface area contributed by atoms with E-state index in [4.69, 9.17) is 22.1 Å². The van der Waals surface area contributed by atoms with Gasteiger partial charge in [-0.2, -0.15) is 0 Å². The number of methoxy groups -OCH3 is 1. The van der Waals surface area contributed by atoms with Gasteiger partial charge in [0, 0.05) is 19.4 Å². The first kappa shape index (κ1) is 8.78. The Morgan fingerprint density at radius 1 is 1.82 bits per heavy atom. The molecular formula is C8H12ClNO. The van der Waals surface area contributed by atoms with Crippen LogP contribution < -0.4 is 5.73 Å². The van der Waals surface area contributed by atoms with Gasteiger partial charge in [-0.25, -0.2) is 0 Å². The fraction of sp³-hybridized carbons (Fsp3) is 0.500. The molecule has 0 fully saturated rings. The van der Waals surface area contributed by atoms with Crippen molar-refractivity contribution in [1.82, 2.24) is 0 Å². The van der Waals surface area contributed by atoms with Gasteiger partial charge in [-0.3, -0.25) is 5.73 Å². The van der Waals surface area contributed by atoms with E-state index in [2.05, 4.69) is 0 Å². The minimum absolute atomic E-state index is 0.520. The van der Waals surface area contributed by atoms with Crippen molar-refractivity contribution < 1.29 is 4.74 Å². The SMILES string of the molecule is COC1(N)C=CC=C(CCl)C1. The maximum absolute atomic E-state index is 5.82. The topological polar surface area (TPSA) is 35.2 Å². The van der Waals surface area contributed by atoms with Crippen molar-refractivity contribution in [3.8, 4) is 0 Å². The minimum Gasteiger partial charge on any atom is -0.360 e. The molecule has 1 aliphatic rings. The van der Waals surface area contributed by atoms with Crippen molar-refractivity contribution in [3.63, 3.8) is 0 Å². The van der Waals surface area contributed by atoms with Crippen LogP contribution in [0.4, 0.5) is 0 Å². The van der Waals surface area contributed by atoms with Gasteiger partial charge in [-0.05, 0) is 6.08 Å². The van der Waals surface area contributed by atoms with Gasteiger partial charge in [0.1, 0.15) is 5.72 Å². The normalized spacial score (nSPS) is 30.3. The minimum atomic E-state index is -0.640. The van der Waals surface area contributed by atoms with E-state index in [-0.39, 0.29) is 0 Å². The number of allylic oxidation sites excluding steroid dienone is 2. The summed E-state index contributed by atoms with van der Waals surface area (Å²) in [6.45, 7) is 0. The average Bonchev–Trinajstić information content (AvgIpc) is 2.05. The molecule has 2 nitrogen and oxygen atoms in total. The van der Waals surface area contributed by atoms with E-state index in [0.29, 0.717) is 12.3 Å². The monoisotopic (exact) mass is 173 g/mol. The summed E-state index contributed by atoms with van der Waals surface area (Å²) in [6, 6.07) is 0. The number of hydrogen-bond acceptors (Lipinski definition) is 2. The van der Waals surface area contributed by atoms with Crippen LogP contribution in [0.15, 0.2) is 23.8 Å². The third-order valence-electron chi connectivity index (χ3n) is 1.77. The van der Waals surface area contributed by atoms with Crippen molar-refractivity contribution in [2.75, 3.05) is 13.0 Å². The van der Waals surface area contributed by atoms with E-state index in [0.717, 1.165) is 5.57 Å². The number of nitrogens with two attached hydrogens (primary N) is 1. The summed E-state index contributed by atoms with van der Waals surface area (Å²) in [5, 5.41) is 0. The number of rotatable bonds is 2. The third-order valence-corrected chi connectivity index (χ3v) is 2.11. The van der Waals surface area contributed by atoms with Gasteiger partial charge < -0.3 is 4.74 Å². The van der Waals surface area contributed by atoms with Gasteiger partial charge in [-0.15, -0.1) is 11.6 Å². The molecule has 1 unspecified atom stereocenters. The van der Waals surface area contributed by atoms with Crippen LogP contribution in [0.1, 0.15) is 6.42 Å². The number of ether oxygens (including phenoxy) is 1. The third kappa shape index (κ3) is 2.06. The molecule has 0 saturated carbocycles. The summed E-state index contributed by atoms with van der Waals surface area (Å²) in [5.41, 5.74) is 6.29. The Morgan fingerprint density at radius 2 is 2.55 bits per heavy atom. The summed E-state index contributed by atoms with van der Waals surface area (Å²) in [4.78, 5) is 0. The van der Waals surface area contributed by atoms with Crippen LogP contribution in [0.25, 0.3) is 0 Å². The fourth-order valence-corrected chi connectivity index (χ4v) is 1.24. The molecule has 0 radical (unpaired) electrons. The molecule has 0 aromatic rings. The molecule has 0 amide bonds. The van der Waals surface area contributed by atoms with Gasteiger partial charge in [0.15, 0.2) is 0 Å². The second-order valence-corrected chi connectivity index (χ2v) is 2.92. The Balaban J connectivity index is 2.68. The highest BCUT2D eigenvalue weighted by atomic mass is 35.5. The average molecular weight is 174 g/mol. The maximum atomic E-state index is 5.82. The lowest BCUT2D eigenvalue weighted by molar-refractivity contribution is 0.0373. The van der Waals surface area contributed by atoms with Crippen LogP contribution in [-0.4, -0.2) is 18.7 Å². The van der Waals surface area contributed by atoms with Gasteiger partial charge in [0.25, 0.3) is 0 Å². The second-order valence-electron chi connectivity index (χ2n) is 2.65. The molecule has 2 N–H and O–H groups in total. The van der Waals surface area contributed by atoms with Crippen LogP contribution in [0.3, 0.4) is 0 Å². The molecular weight excluding hydrogens is 162 g/mol. The second kappa shape index (κ2) is 3.39. The standard InChI is InChI=1S/C8H12ClNO/c1-11-8(10)4-2-3-7(5-8)6-9/h2-4H,5-6,10H2,1H3. The molecule has 11 heavy (non-hydrogen) atoms. The van der Waals surface area contributed by atoms with Gasteiger partial charge in [0.05, 0.1) is 0 Å². The Labute approximate surface area is 71.7 Å². The Hall–Kier alpha value is -0.310. The number of alkyl halides is 1. The van der Waals surface area contributed by atoms with Crippen molar-refractivity contribution in [2.24, 2.45) is 5.73 Å². The largest absolute Gasteiger partial charge is 0.360 e. The van der Waals surface area contributed by atoms with E-state index in [9.17, 15) is 0 Å². The molecule has 0 aromatic heterocycles. The van der Waals surface area contributed by atoms with Crippen LogP contribution in [-0.2, 0) is 4.74 Å². The van der Waals surface area contributed by atoms with Gasteiger partial charge in [0.2, 0.25) is 0 Å². The van der Waals surface area contributed by atoms with E-state index in [1.165, 1.54) is 0 Å². The van der Waals surface area contributed by atoms with Gasteiger partial charge in [-0.1, -0.05) is 17.7 Å². The molecule has 0 aromatic carbocycles. The summed E-state index contributed by atoms with van der Waals surface area (Å²) < 4.78 is 5.10. The molecule has 3 heteroatoms. The zero-order valence-corrected chi connectivity index (χ0v) is 7.27. The van der Waals surface area contributed by atoms with Crippen molar-refractivity contribution in [1.29, 1.82) is 0 Å². The van der Waals surface area contributed by atoms with Crippen molar-refractivity contribution in [2.45, 2.75) is 12.1 Å². The van der Waals surface area contributed by atoms with E-state index in [1.807, 2.05) is 18.2 Å². The maximum Gasteiger partial charge on any atom is 0.139 e. The molecule has 1 aliphatic carbocycles. The lowest BCUT2D eigenvalue weighted by atomic mass is 9.99. The Bertz CT molecular complexity index is 200. The molecule has 1 rings (SSSR count). The van der Waals surface area contributed by atoms with Crippen LogP contribution in [0, 0.1) is 0 Å². The summed E-state index contributed by atoms with van der Waals surface area (Å²) in [5.74, 6) is 0.520. The predicted octanol–water partition coefficient (Wildman–Crippen LogP) is 1.41. The highest BCUT2D eigenvalue weighted by Crippen LogP contribution is 2.21. The van der Waals surface area contributed by atoms with E-state index >= 15 is 0 Å². The Kier molecular flexibility index (Phi) is 2.71. The van der Waals surface area contributed by atoms with Crippen molar-refractivity contribution >= 4 is 11.6 Å². The fourth-order valence-electron chi connectivity index (χ4n) is 1.05. The molecule has 0 spiro atoms. The quantitative estimate of drug-likeness (QED) is 0.506. The first-order chi connectivity index (χ1) is 5.20. The summed E-state index contributed by atoms with van der Waals surface area (Å²) in [7, 11) is 1.60. The molecule has 0 heterocycles. The number of halogens is 1. The molecule has 0 saturated heterocycles. The van der Waals surface area contributed by atoms with E-state index < -0.39 is 5.72 Å². The molecule has 0 bridgehead atoms. The first-order valence-electron chi connectivity index (χ1n) is 3.47. The molecule has 1 atom stereocenters. The van der Waals surface area contributed by atoms with Crippen LogP contribution in [0.2, 0.25) is 0 Å². The smallest absolute Gasteiger partial charge is 0.139 e. The molecule has 0 aliphatic heterocycles. The first-order valence-corrected chi connectivity index (χ1v) is 4.01. The zero-order chi connectivity index (χ0) is 8.32. The lowest BCUT2D eigenvalue weighted by Gasteiger charge is -2.27. The van der Waals surface area contributed by atoms with Gasteiger partial charge >= 0.3 is 0 Å². The highest BCUT2D eigenvalue weighted by molar-refractivity contribution is 6.19.